The molecule has 0 N–H and O–H groups in total. The molecule has 0 radical (unpaired) electrons. The Morgan fingerprint density at radius 3 is 1.52 bits per heavy atom. The van der Waals surface area contributed by atoms with E-state index in [1.165, 1.54) is 101 Å². The third-order valence-corrected chi connectivity index (χ3v) is 6.76. The van der Waals surface area contributed by atoms with Crippen molar-refractivity contribution < 1.29 is 47.3 Å². The minimum Gasteiger partial charge on any atom is -0.748 e. The fourth-order valence-electron chi connectivity index (χ4n) is 4.10. The summed E-state index contributed by atoms with van der Waals surface area (Å²) in [5.41, 5.74) is 2.62. The van der Waals surface area contributed by atoms with E-state index in [0.717, 1.165) is 18.6 Å². The van der Waals surface area contributed by atoms with Gasteiger partial charge in [0.05, 0.1) is 16.7 Å². The molecule has 4 nitrogen and oxygen atoms in total. The van der Waals surface area contributed by atoms with Crippen LogP contribution in [0.4, 0.5) is 0 Å². The van der Waals surface area contributed by atoms with Crippen molar-refractivity contribution in [3.8, 4) is 5.75 Å². The second-order valence-electron chi connectivity index (χ2n) is 9.19. The molecule has 0 bridgehead atoms. The van der Waals surface area contributed by atoms with E-state index in [0.29, 0.717) is 0 Å². The van der Waals surface area contributed by atoms with E-state index in [4.69, 9.17) is 4.74 Å². The second kappa shape index (κ2) is 21.2. The van der Waals surface area contributed by atoms with Crippen molar-refractivity contribution >= 4 is 10.1 Å². The van der Waals surface area contributed by atoms with Crippen LogP contribution in [0.5, 0.6) is 5.75 Å². The first-order chi connectivity index (χ1) is 15.4. The van der Waals surface area contributed by atoms with Gasteiger partial charge in [-0.25, -0.2) is 8.42 Å². The summed E-state index contributed by atoms with van der Waals surface area (Å²) >= 11 is 0. The summed E-state index contributed by atoms with van der Waals surface area (Å²) in [6.07, 6.45) is 20.5. The third kappa shape index (κ3) is 19.9. The topological polar surface area (TPSA) is 66.4 Å². The third-order valence-electron chi connectivity index (χ3n) is 5.97. The fourth-order valence-corrected chi connectivity index (χ4v) is 4.57. The number of hydrogen-bond acceptors (Lipinski definition) is 4. The minimum atomic E-state index is -4.17. The summed E-state index contributed by atoms with van der Waals surface area (Å²) in [6, 6.07) is 6.51. The van der Waals surface area contributed by atoms with Gasteiger partial charge in [-0.1, -0.05) is 97.0 Å². The molecule has 0 aliphatic heterocycles. The first-order valence-corrected chi connectivity index (χ1v) is 14.7. The van der Waals surface area contributed by atoms with Gasteiger partial charge in [-0.15, -0.1) is 0 Å². The van der Waals surface area contributed by atoms with Gasteiger partial charge in [-0.3, -0.25) is 0 Å². The van der Waals surface area contributed by atoms with Gasteiger partial charge in [0.25, 0.3) is 0 Å². The summed E-state index contributed by atoms with van der Waals surface area (Å²) in [5, 5.41) is 0. The molecule has 1 aromatic rings. The molecule has 0 saturated heterocycles. The SMILES string of the molecule is CCCCCCCCCc1cc(CCCCCCCCC)cc(OCCCS(=O)(=O)[O-])c1.[Na+]. The van der Waals surface area contributed by atoms with Gasteiger partial charge >= 0.3 is 29.6 Å². The second-order valence-corrected chi connectivity index (χ2v) is 10.7. The van der Waals surface area contributed by atoms with Crippen LogP contribution in [0.25, 0.3) is 0 Å². The maximum Gasteiger partial charge on any atom is 1.00 e. The molecule has 0 aromatic heterocycles. The van der Waals surface area contributed by atoms with Crippen LogP contribution < -0.4 is 34.3 Å². The molecule has 0 aliphatic carbocycles. The van der Waals surface area contributed by atoms with E-state index in [2.05, 4.69) is 32.0 Å². The van der Waals surface area contributed by atoms with Crippen molar-refractivity contribution in [3.05, 3.63) is 29.3 Å². The first kappa shape index (κ1) is 32.9. The molecule has 186 valence electrons. The molecule has 0 atom stereocenters. The molecule has 33 heavy (non-hydrogen) atoms. The Balaban J connectivity index is 0.0000102. The molecule has 0 amide bonds. The molecule has 0 heterocycles. The fraction of sp³-hybridized carbons (Fsp3) is 0.778. The summed E-state index contributed by atoms with van der Waals surface area (Å²) in [6.45, 7) is 4.76. The molecule has 1 aromatic carbocycles. The van der Waals surface area contributed by atoms with Crippen molar-refractivity contribution in [1.29, 1.82) is 0 Å². The zero-order valence-electron chi connectivity index (χ0n) is 21.7. The van der Waals surface area contributed by atoms with Crippen LogP contribution in [0, 0.1) is 0 Å². The average molecular weight is 491 g/mol. The maximum atomic E-state index is 10.8. The molecule has 0 spiro atoms. The zero-order valence-corrected chi connectivity index (χ0v) is 24.5. The van der Waals surface area contributed by atoms with Crippen LogP contribution >= 0.6 is 0 Å². The Morgan fingerprint density at radius 1 is 0.667 bits per heavy atom. The molecule has 0 fully saturated rings. The number of rotatable bonds is 21. The Bertz CT molecular complexity index is 655. The number of benzene rings is 1. The van der Waals surface area contributed by atoms with Crippen LogP contribution in [0.1, 0.15) is 121 Å². The standard InChI is InChI=1S/C27H48O4S.Na/c1-3-5-7-9-11-13-15-18-25-22-26(19-16-14-12-10-8-6-4-2)24-27(23-25)31-20-17-21-32(28,29)30;/h22-24H,3-21H2,1-2H3,(H,28,29,30);/q;+1/p-1. The van der Waals surface area contributed by atoms with Crippen LogP contribution in [0.15, 0.2) is 18.2 Å². The van der Waals surface area contributed by atoms with E-state index in [1.54, 1.807) is 0 Å². The average Bonchev–Trinajstić information content (AvgIpc) is 2.75. The van der Waals surface area contributed by atoms with Crippen molar-refractivity contribution in [2.24, 2.45) is 0 Å². The minimum absolute atomic E-state index is 0. The van der Waals surface area contributed by atoms with E-state index in [-0.39, 0.29) is 48.3 Å². The molecular weight excluding hydrogens is 443 g/mol. The van der Waals surface area contributed by atoms with E-state index in [1.807, 2.05) is 0 Å². The molecule has 0 aliphatic rings. The smallest absolute Gasteiger partial charge is 0.748 e. The largest absolute Gasteiger partial charge is 1.00 e. The summed E-state index contributed by atoms with van der Waals surface area (Å²) in [5.74, 6) is 0.446. The maximum absolute atomic E-state index is 10.8. The van der Waals surface area contributed by atoms with Gasteiger partial charge in [-0.2, -0.15) is 0 Å². The van der Waals surface area contributed by atoms with E-state index < -0.39 is 10.1 Å². The van der Waals surface area contributed by atoms with Crippen molar-refractivity contribution in [2.75, 3.05) is 12.4 Å². The monoisotopic (exact) mass is 490 g/mol. The summed E-state index contributed by atoms with van der Waals surface area (Å²) in [4.78, 5) is 0. The van der Waals surface area contributed by atoms with Crippen molar-refractivity contribution in [2.45, 2.75) is 123 Å². The Labute approximate surface area is 226 Å². The van der Waals surface area contributed by atoms with Crippen LogP contribution in [-0.4, -0.2) is 25.3 Å². The number of hydrogen-bond donors (Lipinski definition) is 0. The number of ether oxygens (including phenoxy) is 1. The van der Waals surface area contributed by atoms with Crippen LogP contribution in [0.3, 0.4) is 0 Å². The van der Waals surface area contributed by atoms with Crippen LogP contribution in [-0.2, 0) is 23.0 Å². The quantitative estimate of drug-likeness (QED) is 0.144. The van der Waals surface area contributed by atoms with Crippen molar-refractivity contribution in [1.82, 2.24) is 0 Å². The van der Waals surface area contributed by atoms with Gasteiger partial charge in [-0.05, 0) is 55.4 Å². The van der Waals surface area contributed by atoms with Crippen LogP contribution in [0.2, 0.25) is 0 Å². The zero-order chi connectivity index (χ0) is 23.5. The van der Waals surface area contributed by atoms with E-state index in [9.17, 15) is 13.0 Å². The summed E-state index contributed by atoms with van der Waals surface area (Å²) in [7, 11) is -4.17. The number of unbranched alkanes of at least 4 members (excludes halogenated alkanes) is 12. The summed E-state index contributed by atoms with van der Waals surface area (Å²) < 4.78 is 38.2. The predicted octanol–water partition coefficient (Wildman–Crippen LogP) is 4.59. The Kier molecular flexibility index (Phi) is 21.2. The molecule has 1 rings (SSSR count). The van der Waals surface area contributed by atoms with E-state index >= 15 is 0 Å². The van der Waals surface area contributed by atoms with Crippen molar-refractivity contribution in [3.63, 3.8) is 0 Å². The van der Waals surface area contributed by atoms with Gasteiger partial charge < -0.3 is 9.29 Å². The predicted molar refractivity (Wildman–Crippen MR) is 135 cm³/mol. The number of aryl methyl sites for hydroxylation is 2. The molecule has 6 heteroatoms. The van der Waals surface area contributed by atoms with Gasteiger partial charge in [0, 0.05) is 5.75 Å². The van der Waals surface area contributed by atoms with Gasteiger partial charge in [0.2, 0.25) is 0 Å². The molecule has 0 saturated carbocycles. The Morgan fingerprint density at radius 2 is 1.09 bits per heavy atom. The first-order valence-electron chi connectivity index (χ1n) is 13.1. The molecular formula is C27H47NaO4S. The van der Waals surface area contributed by atoms with Gasteiger partial charge in [0.15, 0.2) is 0 Å². The Hall–Kier alpha value is -0.0700. The van der Waals surface area contributed by atoms with Gasteiger partial charge in [0.1, 0.15) is 5.75 Å². The molecule has 0 unspecified atom stereocenters. The normalized spacial score (nSPS) is 11.4.